The van der Waals surface area contributed by atoms with Gasteiger partial charge >= 0.3 is 0 Å². The number of benzene rings is 2. The number of furan rings is 1. The van der Waals surface area contributed by atoms with E-state index in [-0.39, 0.29) is 29.4 Å². The minimum Gasteiger partial charge on any atom is -0.461 e. The first-order valence-electron chi connectivity index (χ1n) is 12.1. The molecule has 7 heteroatoms. The van der Waals surface area contributed by atoms with Crippen molar-refractivity contribution in [2.45, 2.75) is 43.7 Å². The van der Waals surface area contributed by atoms with Gasteiger partial charge in [0.2, 0.25) is 17.6 Å². The van der Waals surface area contributed by atoms with Crippen LogP contribution in [0.5, 0.6) is 0 Å². The Morgan fingerprint density at radius 1 is 1.00 bits per heavy atom. The van der Waals surface area contributed by atoms with Gasteiger partial charge in [0, 0.05) is 23.0 Å². The molecule has 2 spiro atoms. The molecule has 7 rings (SSSR count). The molecule has 3 aromatic rings. The maximum Gasteiger partial charge on any atom is 0.250 e. The lowest BCUT2D eigenvalue weighted by atomic mass is 9.60. The molecule has 0 aliphatic carbocycles. The Kier molecular flexibility index (Phi) is 3.95. The Morgan fingerprint density at radius 2 is 1.83 bits per heavy atom. The summed E-state index contributed by atoms with van der Waals surface area (Å²) >= 11 is 0. The van der Waals surface area contributed by atoms with Gasteiger partial charge in [0.15, 0.2) is 5.76 Å². The molecule has 2 saturated heterocycles. The van der Waals surface area contributed by atoms with Crippen LogP contribution in [0.2, 0.25) is 0 Å². The zero-order valence-electron chi connectivity index (χ0n) is 19.6. The highest BCUT2D eigenvalue weighted by Gasteiger charge is 2.79. The molecule has 2 aromatic carbocycles. The average molecular weight is 468 g/mol. The van der Waals surface area contributed by atoms with Crippen LogP contribution in [0, 0.1) is 19.8 Å². The molecule has 5 heterocycles. The smallest absolute Gasteiger partial charge is 0.250 e. The SMILES string of the molecule is Cc1ccc2c(c1C)NC(=O)[C@@]21[C@@H](C(=O)c2ccco2)[C@@]2(C(=O)Nc3ccccc32)[C@H]2CCCN21. The number of para-hydroxylation sites is 1. The van der Waals surface area contributed by atoms with Crippen LogP contribution >= 0.6 is 0 Å². The maximum atomic E-state index is 14.4. The highest BCUT2D eigenvalue weighted by atomic mass is 16.3. The molecule has 2 N–H and O–H groups in total. The van der Waals surface area contributed by atoms with Crippen LogP contribution in [0.15, 0.2) is 59.2 Å². The average Bonchev–Trinajstić information content (AvgIpc) is 3.65. The van der Waals surface area contributed by atoms with E-state index in [1.165, 1.54) is 6.26 Å². The normalized spacial score (nSPS) is 30.5. The third-order valence-corrected chi connectivity index (χ3v) is 8.86. The molecule has 2 amide bonds. The Labute approximate surface area is 202 Å². The number of amides is 2. The number of Topliss-reactive ketones (excluding diaryl/α,β-unsaturated/α-hetero) is 1. The third-order valence-electron chi connectivity index (χ3n) is 8.86. The predicted octanol–water partition coefficient (Wildman–Crippen LogP) is 3.91. The number of fused-ring (bicyclic) bond motifs is 7. The molecule has 4 aliphatic rings. The number of carbonyl (C=O) groups excluding carboxylic acids is 3. The maximum absolute atomic E-state index is 14.4. The monoisotopic (exact) mass is 467 g/mol. The van der Waals surface area contributed by atoms with Gasteiger partial charge in [-0.1, -0.05) is 30.3 Å². The van der Waals surface area contributed by atoms with E-state index in [1.807, 2.05) is 50.2 Å². The van der Waals surface area contributed by atoms with Crippen LogP contribution in [0.3, 0.4) is 0 Å². The fourth-order valence-electron chi connectivity index (χ4n) is 7.42. The van der Waals surface area contributed by atoms with Gasteiger partial charge in [-0.2, -0.15) is 0 Å². The van der Waals surface area contributed by atoms with Crippen LogP contribution < -0.4 is 10.6 Å². The fraction of sp³-hybridized carbons (Fsp3) is 0.321. The number of ketones is 1. The highest BCUT2D eigenvalue weighted by molar-refractivity contribution is 6.18. The molecule has 0 unspecified atom stereocenters. The number of hydrogen-bond donors (Lipinski definition) is 2. The summed E-state index contributed by atoms with van der Waals surface area (Å²) in [7, 11) is 0. The Morgan fingerprint density at radius 3 is 2.63 bits per heavy atom. The van der Waals surface area contributed by atoms with Crippen molar-refractivity contribution in [2.24, 2.45) is 5.92 Å². The standard InChI is InChI=1S/C28H25N3O4/c1-15-11-12-18-22(16(15)2)30-26(34)28(18)24(23(32)20-9-6-14-35-20)27(21-10-5-13-31(21)28)17-7-3-4-8-19(17)29-25(27)33/h3-4,6-9,11-12,14,21,24H,5,10,13H2,1-2H3,(H,29,33)(H,30,34)/t21-,24+,27+,28+/m1/s1. The Balaban J connectivity index is 1.60. The second-order valence-corrected chi connectivity index (χ2v) is 10.1. The summed E-state index contributed by atoms with van der Waals surface area (Å²) < 4.78 is 5.59. The van der Waals surface area contributed by atoms with Crippen molar-refractivity contribution in [1.82, 2.24) is 4.90 Å². The van der Waals surface area contributed by atoms with Gasteiger partial charge in [-0.3, -0.25) is 19.3 Å². The van der Waals surface area contributed by atoms with Crippen molar-refractivity contribution in [2.75, 3.05) is 17.2 Å². The van der Waals surface area contributed by atoms with E-state index in [9.17, 15) is 14.4 Å². The quantitative estimate of drug-likeness (QED) is 0.558. The van der Waals surface area contributed by atoms with E-state index in [2.05, 4.69) is 15.5 Å². The Hall–Kier alpha value is -3.71. The number of aryl methyl sites for hydroxylation is 1. The van der Waals surface area contributed by atoms with Gasteiger partial charge in [0.05, 0.1) is 12.2 Å². The lowest BCUT2D eigenvalue weighted by molar-refractivity contribution is -0.128. The summed E-state index contributed by atoms with van der Waals surface area (Å²) in [5.41, 5.74) is 2.53. The molecule has 0 radical (unpaired) electrons. The second kappa shape index (κ2) is 6.70. The van der Waals surface area contributed by atoms with Crippen molar-refractivity contribution in [1.29, 1.82) is 0 Å². The first-order chi connectivity index (χ1) is 16.9. The summed E-state index contributed by atoms with van der Waals surface area (Å²) in [6.07, 6.45) is 3.03. The van der Waals surface area contributed by atoms with Crippen LogP contribution in [-0.2, 0) is 20.5 Å². The van der Waals surface area contributed by atoms with Crippen LogP contribution in [0.1, 0.15) is 45.7 Å². The molecule has 0 saturated carbocycles. The van der Waals surface area contributed by atoms with Gasteiger partial charge in [0.25, 0.3) is 0 Å². The highest BCUT2D eigenvalue weighted by Crippen LogP contribution is 2.66. The van der Waals surface area contributed by atoms with E-state index < -0.39 is 16.9 Å². The van der Waals surface area contributed by atoms with Crippen LogP contribution in [0.25, 0.3) is 0 Å². The van der Waals surface area contributed by atoms with Crippen molar-refractivity contribution in [3.05, 3.63) is 82.8 Å². The first kappa shape index (κ1) is 20.6. The van der Waals surface area contributed by atoms with E-state index in [0.717, 1.165) is 40.8 Å². The number of rotatable bonds is 2. The molecule has 4 atom stereocenters. The third kappa shape index (κ3) is 2.19. The first-order valence-corrected chi connectivity index (χ1v) is 12.1. The fourth-order valence-corrected chi connectivity index (χ4v) is 7.42. The summed E-state index contributed by atoms with van der Waals surface area (Å²) in [5.74, 6) is -1.61. The van der Waals surface area contributed by atoms with Crippen molar-refractivity contribution < 1.29 is 18.8 Å². The molecule has 1 aromatic heterocycles. The molecule has 0 bridgehead atoms. The zero-order chi connectivity index (χ0) is 24.1. The molecular weight excluding hydrogens is 442 g/mol. The van der Waals surface area contributed by atoms with Crippen molar-refractivity contribution >= 4 is 29.0 Å². The van der Waals surface area contributed by atoms with E-state index >= 15 is 0 Å². The van der Waals surface area contributed by atoms with Gasteiger partial charge in [0.1, 0.15) is 11.0 Å². The minimum absolute atomic E-state index is 0.164. The molecule has 2 fully saturated rings. The molecule has 4 aliphatic heterocycles. The van der Waals surface area contributed by atoms with Crippen LogP contribution in [0.4, 0.5) is 11.4 Å². The lowest BCUT2D eigenvalue weighted by Crippen LogP contribution is -2.55. The largest absolute Gasteiger partial charge is 0.461 e. The van der Waals surface area contributed by atoms with Gasteiger partial charge in [-0.25, -0.2) is 0 Å². The van der Waals surface area contributed by atoms with Gasteiger partial charge in [-0.15, -0.1) is 0 Å². The van der Waals surface area contributed by atoms with Crippen molar-refractivity contribution in [3.8, 4) is 0 Å². The Bertz CT molecular complexity index is 1440. The number of carbonyl (C=O) groups is 3. The molecule has 7 nitrogen and oxygen atoms in total. The molecular formula is C28H25N3O4. The number of hydrogen-bond acceptors (Lipinski definition) is 5. The summed E-state index contributed by atoms with van der Waals surface area (Å²) in [6.45, 7) is 4.62. The lowest BCUT2D eigenvalue weighted by Gasteiger charge is -2.37. The number of nitrogens with one attached hydrogen (secondary N) is 2. The second-order valence-electron chi connectivity index (χ2n) is 10.1. The summed E-state index contributed by atoms with van der Waals surface area (Å²) in [4.78, 5) is 44.9. The van der Waals surface area contributed by atoms with E-state index in [4.69, 9.17) is 4.42 Å². The molecule has 176 valence electrons. The summed E-state index contributed by atoms with van der Waals surface area (Å²) in [6, 6.07) is 14.5. The van der Waals surface area contributed by atoms with E-state index in [0.29, 0.717) is 12.2 Å². The minimum atomic E-state index is -1.31. The predicted molar refractivity (Wildman–Crippen MR) is 129 cm³/mol. The molecule has 35 heavy (non-hydrogen) atoms. The van der Waals surface area contributed by atoms with Crippen molar-refractivity contribution in [3.63, 3.8) is 0 Å². The van der Waals surface area contributed by atoms with Gasteiger partial charge < -0.3 is 15.1 Å². The zero-order valence-corrected chi connectivity index (χ0v) is 19.6. The van der Waals surface area contributed by atoms with Crippen LogP contribution in [-0.4, -0.2) is 35.1 Å². The number of nitrogens with zero attached hydrogens (tertiary/aromatic N) is 1. The number of anilines is 2. The van der Waals surface area contributed by atoms with E-state index in [1.54, 1.807) is 12.1 Å². The summed E-state index contributed by atoms with van der Waals surface area (Å²) in [5, 5.41) is 6.19. The van der Waals surface area contributed by atoms with Gasteiger partial charge in [-0.05, 0) is 68.1 Å². The topological polar surface area (TPSA) is 91.6 Å².